The van der Waals surface area contributed by atoms with Gasteiger partial charge in [-0.25, -0.2) is 4.79 Å². The van der Waals surface area contributed by atoms with Crippen LogP contribution in [-0.4, -0.2) is 53.5 Å². The highest BCUT2D eigenvalue weighted by atomic mass is 16.5. The summed E-state index contributed by atoms with van der Waals surface area (Å²) in [5.41, 5.74) is 1.76. The summed E-state index contributed by atoms with van der Waals surface area (Å²) in [6, 6.07) is 7.38. The Labute approximate surface area is 135 Å². The van der Waals surface area contributed by atoms with E-state index in [-0.39, 0.29) is 37.7 Å². The van der Waals surface area contributed by atoms with Crippen molar-refractivity contribution in [2.24, 2.45) is 0 Å². The van der Waals surface area contributed by atoms with Crippen LogP contribution >= 0.6 is 0 Å². The van der Waals surface area contributed by atoms with Gasteiger partial charge in [-0.15, -0.1) is 0 Å². The number of ketones is 1. The molecule has 1 amide bonds. The molecule has 1 aromatic carbocycles. The summed E-state index contributed by atoms with van der Waals surface area (Å²) in [6.45, 7) is 2.65. The number of aliphatic carboxylic acids is 1. The predicted molar refractivity (Wildman–Crippen MR) is 83.3 cm³/mol. The fourth-order valence-electron chi connectivity index (χ4n) is 2.47. The van der Waals surface area contributed by atoms with Crippen LogP contribution < -0.4 is 0 Å². The smallest absolute Gasteiger partial charge is 0.334 e. The predicted octanol–water partition coefficient (Wildman–Crippen LogP) is 1.52. The molecule has 1 atom stereocenters. The number of carbonyl (C=O) groups is 3. The fraction of sp³-hybridized carbons (Fsp3) is 0.471. The molecule has 1 aromatic rings. The zero-order valence-corrected chi connectivity index (χ0v) is 13.2. The second kappa shape index (κ2) is 7.87. The Kier molecular flexibility index (Phi) is 5.87. The Morgan fingerprint density at radius 2 is 1.91 bits per heavy atom. The third-order valence-corrected chi connectivity index (χ3v) is 3.94. The second-order valence-corrected chi connectivity index (χ2v) is 5.51. The average Bonchev–Trinajstić information content (AvgIpc) is 2.59. The van der Waals surface area contributed by atoms with Crippen LogP contribution in [0.2, 0.25) is 0 Å². The first-order valence-corrected chi connectivity index (χ1v) is 7.75. The highest BCUT2D eigenvalue weighted by molar-refractivity contribution is 5.98. The fourth-order valence-corrected chi connectivity index (χ4v) is 2.47. The number of amides is 1. The van der Waals surface area contributed by atoms with Gasteiger partial charge < -0.3 is 14.7 Å². The van der Waals surface area contributed by atoms with Crippen LogP contribution in [0.1, 0.15) is 35.7 Å². The monoisotopic (exact) mass is 319 g/mol. The number of carbonyl (C=O) groups excluding carboxylic acids is 2. The van der Waals surface area contributed by atoms with Gasteiger partial charge >= 0.3 is 5.97 Å². The van der Waals surface area contributed by atoms with Gasteiger partial charge in [-0.3, -0.25) is 9.59 Å². The molecule has 1 saturated heterocycles. The van der Waals surface area contributed by atoms with E-state index in [0.717, 1.165) is 12.0 Å². The zero-order valence-electron chi connectivity index (χ0n) is 13.2. The summed E-state index contributed by atoms with van der Waals surface area (Å²) in [7, 11) is 0. The number of carboxylic acids is 1. The van der Waals surface area contributed by atoms with Crippen LogP contribution in [0.25, 0.3) is 0 Å². The van der Waals surface area contributed by atoms with Gasteiger partial charge in [-0.1, -0.05) is 31.2 Å². The Balaban J connectivity index is 1.85. The molecular formula is C17H21NO5. The number of hydrogen-bond donors (Lipinski definition) is 1. The number of aryl methyl sites for hydroxylation is 1. The molecule has 1 N–H and O–H groups in total. The van der Waals surface area contributed by atoms with Crippen LogP contribution in [0.15, 0.2) is 24.3 Å². The minimum atomic E-state index is -1.07. The van der Waals surface area contributed by atoms with E-state index in [4.69, 9.17) is 9.84 Å². The Morgan fingerprint density at radius 3 is 2.52 bits per heavy atom. The molecule has 0 radical (unpaired) electrons. The molecule has 1 aliphatic rings. The lowest BCUT2D eigenvalue weighted by Gasteiger charge is -2.30. The van der Waals surface area contributed by atoms with Crippen LogP contribution in [0.5, 0.6) is 0 Å². The molecule has 1 unspecified atom stereocenters. The molecule has 124 valence electrons. The molecule has 0 aliphatic carbocycles. The molecule has 1 aliphatic heterocycles. The van der Waals surface area contributed by atoms with Crippen molar-refractivity contribution in [3.8, 4) is 0 Å². The molecule has 23 heavy (non-hydrogen) atoms. The lowest BCUT2D eigenvalue weighted by Crippen LogP contribution is -2.48. The van der Waals surface area contributed by atoms with Crippen molar-refractivity contribution >= 4 is 17.7 Å². The number of carboxylic acid groups (broad SMARTS) is 1. The first kappa shape index (κ1) is 17.1. The van der Waals surface area contributed by atoms with Gasteiger partial charge in [0.15, 0.2) is 11.9 Å². The van der Waals surface area contributed by atoms with Crippen LogP contribution in [0.3, 0.4) is 0 Å². The van der Waals surface area contributed by atoms with E-state index in [0.29, 0.717) is 12.1 Å². The molecule has 6 heteroatoms. The van der Waals surface area contributed by atoms with E-state index >= 15 is 0 Å². The maximum absolute atomic E-state index is 12.1. The Bertz CT molecular complexity index is 581. The van der Waals surface area contributed by atoms with Gasteiger partial charge in [-0.2, -0.15) is 0 Å². The number of Topliss-reactive ketones (excluding diaryl/α,β-unsaturated/α-hetero) is 1. The Hall–Kier alpha value is -2.21. The topological polar surface area (TPSA) is 83.9 Å². The summed E-state index contributed by atoms with van der Waals surface area (Å²) >= 11 is 0. The van der Waals surface area contributed by atoms with Gasteiger partial charge in [0.05, 0.1) is 13.2 Å². The highest BCUT2D eigenvalue weighted by Crippen LogP contribution is 2.12. The average molecular weight is 319 g/mol. The number of ether oxygens (including phenoxy) is 1. The molecule has 1 fully saturated rings. The second-order valence-electron chi connectivity index (χ2n) is 5.51. The number of morpholine rings is 1. The quantitative estimate of drug-likeness (QED) is 0.804. The van der Waals surface area contributed by atoms with Crippen LogP contribution in [0.4, 0.5) is 0 Å². The summed E-state index contributed by atoms with van der Waals surface area (Å²) in [4.78, 5) is 36.6. The maximum atomic E-state index is 12.1. The first-order chi connectivity index (χ1) is 11.0. The lowest BCUT2D eigenvalue weighted by atomic mass is 10.0. The molecule has 6 nitrogen and oxygen atoms in total. The number of nitrogens with zero attached hydrogens (tertiary/aromatic N) is 1. The molecule has 0 bridgehead atoms. The molecule has 0 saturated carbocycles. The third-order valence-electron chi connectivity index (χ3n) is 3.94. The van der Waals surface area contributed by atoms with Crippen molar-refractivity contribution < 1.29 is 24.2 Å². The van der Waals surface area contributed by atoms with Gasteiger partial charge in [0.25, 0.3) is 0 Å². The van der Waals surface area contributed by atoms with E-state index in [1.54, 1.807) is 12.1 Å². The zero-order chi connectivity index (χ0) is 16.8. The highest BCUT2D eigenvalue weighted by Gasteiger charge is 2.28. The van der Waals surface area contributed by atoms with Gasteiger partial charge in [0.2, 0.25) is 5.91 Å². The van der Waals surface area contributed by atoms with Crippen molar-refractivity contribution in [3.63, 3.8) is 0 Å². The maximum Gasteiger partial charge on any atom is 0.334 e. The molecule has 0 aromatic heterocycles. The van der Waals surface area contributed by atoms with Crippen molar-refractivity contribution in [2.75, 3.05) is 19.7 Å². The van der Waals surface area contributed by atoms with Crippen LogP contribution in [0, 0.1) is 0 Å². The number of hydrogen-bond acceptors (Lipinski definition) is 4. The molecule has 1 heterocycles. The minimum absolute atomic E-state index is 0.0353. The summed E-state index contributed by atoms with van der Waals surface area (Å²) < 4.78 is 5.08. The van der Waals surface area contributed by atoms with Crippen molar-refractivity contribution in [3.05, 3.63) is 35.4 Å². The summed E-state index contributed by atoms with van der Waals surface area (Å²) in [6.07, 6.45) is 0.138. The van der Waals surface area contributed by atoms with E-state index in [9.17, 15) is 14.4 Å². The van der Waals surface area contributed by atoms with Crippen molar-refractivity contribution in [2.45, 2.75) is 32.3 Å². The number of rotatable bonds is 6. The molecule has 2 rings (SSSR count). The summed E-state index contributed by atoms with van der Waals surface area (Å²) in [5.74, 6) is -1.36. The lowest BCUT2D eigenvalue weighted by molar-refractivity contribution is -0.159. The third kappa shape index (κ3) is 4.63. The van der Waals surface area contributed by atoms with Gasteiger partial charge in [-0.05, 0) is 12.0 Å². The van der Waals surface area contributed by atoms with E-state index in [1.165, 1.54) is 4.90 Å². The standard InChI is InChI=1S/C17H21NO5/c1-2-12-3-5-13(6-4-12)14(19)7-8-16(20)18-9-10-23-15(11-18)17(21)22/h3-6,15H,2,7-11H2,1H3,(H,21,22). The normalized spacial score (nSPS) is 17.8. The van der Waals surface area contributed by atoms with Crippen molar-refractivity contribution in [1.29, 1.82) is 0 Å². The van der Waals surface area contributed by atoms with Gasteiger partial charge in [0, 0.05) is 24.9 Å². The SMILES string of the molecule is CCc1ccc(C(=O)CCC(=O)N2CCOC(C(=O)O)C2)cc1. The van der Waals surface area contributed by atoms with E-state index in [1.807, 2.05) is 19.1 Å². The number of benzene rings is 1. The molecular weight excluding hydrogens is 298 g/mol. The van der Waals surface area contributed by atoms with Crippen LogP contribution in [-0.2, 0) is 20.7 Å². The first-order valence-electron chi connectivity index (χ1n) is 7.75. The largest absolute Gasteiger partial charge is 0.479 e. The minimum Gasteiger partial charge on any atom is -0.479 e. The van der Waals surface area contributed by atoms with Crippen molar-refractivity contribution in [1.82, 2.24) is 4.90 Å². The van der Waals surface area contributed by atoms with E-state index < -0.39 is 12.1 Å². The summed E-state index contributed by atoms with van der Waals surface area (Å²) in [5, 5.41) is 8.93. The van der Waals surface area contributed by atoms with E-state index in [2.05, 4.69) is 0 Å². The molecule has 0 spiro atoms. The Morgan fingerprint density at radius 1 is 1.22 bits per heavy atom. The van der Waals surface area contributed by atoms with Gasteiger partial charge in [0.1, 0.15) is 0 Å².